The van der Waals surface area contributed by atoms with Crippen LogP contribution in [0.25, 0.3) is 11.3 Å². The predicted molar refractivity (Wildman–Crippen MR) is 96.9 cm³/mol. The lowest BCUT2D eigenvalue weighted by Gasteiger charge is -2.08. The van der Waals surface area contributed by atoms with Crippen LogP contribution in [0.4, 0.5) is 0 Å². The number of hydrogen-bond donors (Lipinski definition) is 0. The highest BCUT2D eigenvalue weighted by Crippen LogP contribution is 2.28. The largest absolute Gasteiger partial charge is 0.497 e. The van der Waals surface area contributed by atoms with Gasteiger partial charge in [0, 0.05) is 11.3 Å². The van der Waals surface area contributed by atoms with Crippen molar-refractivity contribution in [1.82, 2.24) is 4.98 Å². The summed E-state index contributed by atoms with van der Waals surface area (Å²) in [5, 5.41) is 10.1. The van der Waals surface area contributed by atoms with Crippen LogP contribution < -0.4 is 4.74 Å². The van der Waals surface area contributed by atoms with Crippen LogP contribution in [0.1, 0.15) is 11.1 Å². The van der Waals surface area contributed by atoms with Crippen molar-refractivity contribution in [3.8, 4) is 23.1 Å². The van der Waals surface area contributed by atoms with Crippen molar-refractivity contribution in [1.29, 1.82) is 5.26 Å². The summed E-state index contributed by atoms with van der Waals surface area (Å²) in [7, 11) is 1.66. The van der Waals surface area contributed by atoms with E-state index in [9.17, 15) is 5.26 Å². The number of pyridine rings is 1. The molecule has 3 aromatic rings. The number of ether oxygens (including phenoxy) is 1. The summed E-state index contributed by atoms with van der Waals surface area (Å²) in [4.78, 5) is 4.68. The van der Waals surface area contributed by atoms with Gasteiger partial charge in [-0.3, -0.25) is 0 Å². The first-order valence-electron chi connectivity index (χ1n) is 7.52. The van der Waals surface area contributed by atoms with Gasteiger partial charge in [-0.15, -0.1) is 11.8 Å². The van der Waals surface area contributed by atoms with Gasteiger partial charge >= 0.3 is 0 Å². The molecule has 0 N–H and O–H groups in total. The normalized spacial score (nSPS) is 10.2. The first kappa shape index (κ1) is 16.1. The number of methoxy groups -OCH3 is 1. The standard InChI is InChI=1S/C20H16N2OS/c1-23-18-9-5-6-15(12-18)14-24-20-17(13-21)10-11-19(22-20)16-7-3-2-4-8-16/h2-12H,14H2,1H3. The van der Waals surface area contributed by atoms with Crippen LogP contribution in [0, 0.1) is 11.3 Å². The topological polar surface area (TPSA) is 45.9 Å². The fraction of sp³-hybridized carbons (Fsp3) is 0.100. The molecule has 0 spiro atoms. The number of hydrogen-bond acceptors (Lipinski definition) is 4. The molecule has 4 heteroatoms. The van der Waals surface area contributed by atoms with Gasteiger partial charge < -0.3 is 4.74 Å². The average molecular weight is 332 g/mol. The molecule has 0 aliphatic heterocycles. The second kappa shape index (κ2) is 7.67. The third-order valence-corrected chi connectivity index (χ3v) is 4.62. The summed E-state index contributed by atoms with van der Waals surface area (Å²) in [6.07, 6.45) is 0. The van der Waals surface area contributed by atoms with Crippen molar-refractivity contribution >= 4 is 11.8 Å². The van der Waals surface area contributed by atoms with Gasteiger partial charge in [0.25, 0.3) is 0 Å². The van der Waals surface area contributed by atoms with Gasteiger partial charge in [-0.2, -0.15) is 5.26 Å². The minimum absolute atomic E-state index is 0.600. The summed E-state index contributed by atoms with van der Waals surface area (Å²) >= 11 is 1.56. The Morgan fingerprint density at radius 1 is 1.04 bits per heavy atom. The molecule has 0 amide bonds. The number of benzene rings is 2. The zero-order valence-electron chi connectivity index (χ0n) is 13.3. The molecule has 0 saturated heterocycles. The second-order valence-electron chi connectivity index (χ2n) is 5.17. The van der Waals surface area contributed by atoms with Crippen LogP contribution >= 0.6 is 11.8 Å². The summed E-state index contributed by atoms with van der Waals surface area (Å²) in [5.74, 6) is 1.57. The van der Waals surface area contributed by atoms with E-state index >= 15 is 0 Å². The summed E-state index contributed by atoms with van der Waals surface area (Å²) in [6.45, 7) is 0. The van der Waals surface area contributed by atoms with Crippen LogP contribution in [0.3, 0.4) is 0 Å². The Labute approximate surface area is 145 Å². The average Bonchev–Trinajstić information content (AvgIpc) is 2.67. The summed E-state index contributed by atoms with van der Waals surface area (Å²) in [6, 6.07) is 23.9. The van der Waals surface area contributed by atoms with Crippen molar-refractivity contribution in [2.75, 3.05) is 7.11 Å². The third-order valence-electron chi connectivity index (χ3n) is 3.56. The van der Waals surface area contributed by atoms with E-state index in [1.807, 2.05) is 66.7 Å². The van der Waals surface area contributed by atoms with E-state index in [0.29, 0.717) is 5.56 Å². The number of rotatable bonds is 5. The maximum absolute atomic E-state index is 9.34. The van der Waals surface area contributed by atoms with Gasteiger partial charge in [-0.05, 0) is 29.8 Å². The van der Waals surface area contributed by atoms with E-state index in [-0.39, 0.29) is 0 Å². The molecule has 118 valence electrons. The van der Waals surface area contributed by atoms with E-state index < -0.39 is 0 Å². The minimum atomic E-state index is 0.600. The van der Waals surface area contributed by atoms with E-state index in [0.717, 1.165) is 33.3 Å². The van der Waals surface area contributed by atoms with E-state index in [1.165, 1.54) is 0 Å². The van der Waals surface area contributed by atoms with Crippen LogP contribution in [-0.2, 0) is 5.75 Å². The fourth-order valence-electron chi connectivity index (χ4n) is 2.32. The molecule has 0 fully saturated rings. The van der Waals surface area contributed by atoms with Crippen molar-refractivity contribution in [3.63, 3.8) is 0 Å². The molecule has 0 saturated carbocycles. The monoisotopic (exact) mass is 332 g/mol. The molecule has 0 aliphatic carbocycles. The summed E-state index contributed by atoms with van der Waals surface area (Å²) in [5.41, 5.74) is 3.66. The maximum Gasteiger partial charge on any atom is 0.119 e. The molecule has 0 bridgehead atoms. The molecular weight excluding hydrogens is 316 g/mol. The van der Waals surface area contributed by atoms with Crippen molar-refractivity contribution in [2.45, 2.75) is 10.8 Å². The number of thioether (sulfide) groups is 1. The van der Waals surface area contributed by atoms with Gasteiger partial charge in [0.05, 0.1) is 18.4 Å². The molecule has 0 aliphatic rings. The van der Waals surface area contributed by atoms with E-state index in [2.05, 4.69) is 11.1 Å². The number of nitrogens with zero attached hydrogens (tertiary/aromatic N) is 2. The molecule has 0 unspecified atom stereocenters. The quantitative estimate of drug-likeness (QED) is 0.622. The predicted octanol–water partition coefficient (Wildman–Crippen LogP) is 4.92. The first-order valence-corrected chi connectivity index (χ1v) is 8.51. The van der Waals surface area contributed by atoms with Gasteiger partial charge in [0.2, 0.25) is 0 Å². The molecule has 3 nitrogen and oxygen atoms in total. The highest BCUT2D eigenvalue weighted by atomic mass is 32.2. The lowest BCUT2D eigenvalue weighted by molar-refractivity contribution is 0.414. The molecule has 3 rings (SSSR count). The lowest BCUT2D eigenvalue weighted by Crippen LogP contribution is -1.92. The zero-order chi connectivity index (χ0) is 16.8. The molecule has 0 radical (unpaired) electrons. The number of aromatic nitrogens is 1. The van der Waals surface area contributed by atoms with Gasteiger partial charge in [0.15, 0.2) is 0 Å². The van der Waals surface area contributed by atoms with Crippen LogP contribution in [-0.4, -0.2) is 12.1 Å². The lowest BCUT2D eigenvalue weighted by atomic mass is 10.1. The minimum Gasteiger partial charge on any atom is -0.497 e. The van der Waals surface area contributed by atoms with Gasteiger partial charge in [-0.25, -0.2) is 4.98 Å². The Morgan fingerprint density at radius 2 is 1.88 bits per heavy atom. The molecule has 0 atom stereocenters. The van der Waals surface area contributed by atoms with Crippen LogP contribution in [0.15, 0.2) is 71.8 Å². The molecule has 2 aromatic carbocycles. The third kappa shape index (κ3) is 3.76. The Morgan fingerprint density at radius 3 is 2.62 bits per heavy atom. The van der Waals surface area contributed by atoms with Gasteiger partial charge in [0.1, 0.15) is 16.8 Å². The maximum atomic E-state index is 9.34. The Kier molecular flexibility index (Phi) is 5.15. The van der Waals surface area contributed by atoms with E-state index in [1.54, 1.807) is 18.9 Å². The highest BCUT2D eigenvalue weighted by Gasteiger charge is 2.08. The molecule has 24 heavy (non-hydrogen) atoms. The highest BCUT2D eigenvalue weighted by molar-refractivity contribution is 7.98. The first-order chi connectivity index (χ1) is 11.8. The SMILES string of the molecule is COc1cccc(CSc2nc(-c3ccccc3)ccc2C#N)c1. The number of nitriles is 1. The molecular formula is C20H16N2OS. The van der Waals surface area contributed by atoms with Crippen LogP contribution in [0.5, 0.6) is 5.75 Å². The molecule has 1 aromatic heterocycles. The van der Waals surface area contributed by atoms with Crippen molar-refractivity contribution < 1.29 is 4.74 Å². The smallest absolute Gasteiger partial charge is 0.119 e. The zero-order valence-corrected chi connectivity index (χ0v) is 14.1. The Hall–Kier alpha value is -2.77. The van der Waals surface area contributed by atoms with Crippen molar-refractivity contribution in [2.24, 2.45) is 0 Å². The Bertz CT molecular complexity index is 872. The van der Waals surface area contributed by atoms with E-state index in [4.69, 9.17) is 4.74 Å². The second-order valence-corrected chi connectivity index (χ2v) is 6.13. The summed E-state index contributed by atoms with van der Waals surface area (Å²) < 4.78 is 5.25. The molecule has 1 heterocycles. The fourth-order valence-corrected chi connectivity index (χ4v) is 3.23. The van der Waals surface area contributed by atoms with Crippen LogP contribution in [0.2, 0.25) is 0 Å². The van der Waals surface area contributed by atoms with Crippen molar-refractivity contribution in [3.05, 3.63) is 77.9 Å². The Balaban J connectivity index is 1.85. The van der Waals surface area contributed by atoms with Gasteiger partial charge in [-0.1, -0.05) is 42.5 Å².